The van der Waals surface area contributed by atoms with E-state index in [4.69, 9.17) is 5.26 Å². The van der Waals surface area contributed by atoms with Crippen LogP contribution in [0.3, 0.4) is 0 Å². The van der Waals surface area contributed by atoms with Crippen molar-refractivity contribution in [2.24, 2.45) is 0 Å². The van der Waals surface area contributed by atoms with E-state index in [-0.39, 0.29) is 6.04 Å². The number of nitriles is 1. The predicted molar refractivity (Wildman–Crippen MR) is 59.9 cm³/mol. The van der Waals surface area contributed by atoms with Crippen LogP contribution in [0.2, 0.25) is 0 Å². The average Bonchev–Trinajstić information content (AvgIpc) is 2.09. The molecule has 0 amide bonds. The zero-order valence-corrected chi connectivity index (χ0v) is 9.66. The minimum Gasteiger partial charge on any atom is -0.300 e. The summed E-state index contributed by atoms with van der Waals surface area (Å²) in [6.45, 7) is 6.33. The molecule has 0 saturated carbocycles. The standard InChI is InChI=1S/C10H20N2S/c1-4-6-13-7-5-10(8-11)12-9(2)3/h9-10,12H,4-7H2,1-3H3. The van der Waals surface area contributed by atoms with Gasteiger partial charge >= 0.3 is 0 Å². The molecular weight excluding hydrogens is 180 g/mol. The molecular formula is C10H20N2S. The third-order valence-corrected chi connectivity index (χ3v) is 2.81. The summed E-state index contributed by atoms with van der Waals surface area (Å²) in [6, 6.07) is 2.72. The van der Waals surface area contributed by atoms with Crippen LogP contribution >= 0.6 is 11.8 Å². The van der Waals surface area contributed by atoms with Crippen LogP contribution in [0, 0.1) is 11.3 Å². The van der Waals surface area contributed by atoms with E-state index in [2.05, 4.69) is 32.2 Å². The van der Waals surface area contributed by atoms with Gasteiger partial charge in [0.2, 0.25) is 0 Å². The fourth-order valence-corrected chi connectivity index (χ4v) is 1.93. The zero-order valence-electron chi connectivity index (χ0n) is 8.84. The molecule has 0 spiro atoms. The Morgan fingerprint density at radius 3 is 2.54 bits per heavy atom. The van der Waals surface area contributed by atoms with Crippen molar-refractivity contribution in [1.82, 2.24) is 5.32 Å². The molecule has 2 nitrogen and oxygen atoms in total. The molecule has 0 fully saturated rings. The molecule has 1 N–H and O–H groups in total. The molecule has 0 aliphatic carbocycles. The first-order valence-electron chi connectivity index (χ1n) is 4.94. The lowest BCUT2D eigenvalue weighted by atomic mass is 10.2. The maximum atomic E-state index is 8.81. The lowest BCUT2D eigenvalue weighted by Crippen LogP contribution is -2.33. The van der Waals surface area contributed by atoms with E-state index >= 15 is 0 Å². The Bertz CT molecular complexity index is 151. The lowest BCUT2D eigenvalue weighted by Gasteiger charge is -2.13. The minimum absolute atomic E-state index is 0.0318. The number of nitrogens with zero attached hydrogens (tertiary/aromatic N) is 1. The molecule has 0 aromatic heterocycles. The summed E-state index contributed by atoms with van der Waals surface area (Å²) in [5.74, 6) is 2.30. The third kappa shape index (κ3) is 8.14. The molecule has 3 heteroatoms. The normalized spacial score (nSPS) is 12.8. The molecule has 0 aliphatic rings. The first kappa shape index (κ1) is 12.8. The summed E-state index contributed by atoms with van der Waals surface area (Å²) in [6.07, 6.45) is 2.18. The molecule has 0 aromatic rings. The zero-order chi connectivity index (χ0) is 10.1. The quantitative estimate of drug-likeness (QED) is 0.641. The van der Waals surface area contributed by atoms with Gasteiger partial charge in [-0.15, -0.1) is 0 Å². The monoisotopic (exact) mass is 200 g/mol. The number of rotatable bonds is 7. The van der Waals surface area contributed by atoms with Crippen molar-refractivity contribution >= 4 is 11.8 Å². The van der Waals surface area contributed by atoms with Crippen molar-refractivity contribution in [3.05, 3.63) is 0 Å². The Labute approximate surface area is 86.1 Å². The number of thioether (sulfide) groups is 1. The highest BCUT2D eigenvalue weighted by molar-refractivity contribution is 7.99. The van der Waals surface area contributed by atoms with Crippen LogP contribution in [0.25, 0.3) is 0 Å². The molecule has 0 radical (unpaired) electrons. The van der Waals surface area contributed by atoms with Gasteiger partial charge in [0.25, 0.3) is 0 Å². The van der Waals surface area contributed by atoms with Crippen molar-refractivity contribution in [1.29, 1.82) is 5.26 Å². The first-order chi connectivity index (χ1) is 6.20. The van der Waals surface area contributed by atoms with Crippen LogP contribution in [-0.2, 0) is 0 Å². The molecule has 0 saturated heterocycles. The van der Waals surface area contributed by atoms with Gasteiger partial charge in [0.05, 0.1) is 12.1 Å². The Morgan fingerprint density at radius 2 is 2.08 bits per heavy atom. The summed E-state index contributed by atoms with van der Waals surface area (Å²) in [5, 5.41) is 12.0. The van der Waals surface area contributed by atoms with Gasteiger partial charge < -0.3 is 0 Å². The Morgan fingerprint density at radius 1 is 1.38 bits per heavy atom. The molecule has 76 valence electrons. The fraction of sp³-hybridized carbons (Fsp3) is 0.900. The minimum atomic E-state index is 0.0318. The Balaban J connectivity index is 3.44. The predicted octanol–water partition coefficient (Wildman–Crippen LogP) is 2.41. The van der Waals surface area contributed by atoms with E-state index in [1.165, 1.54) is 12.2 Å². The van der Waals surface area contributed by atoms with E-state index < -0.39 is 0 Å². The summed E-state index contributed by atoms with van der Waals surface area (Å²) in [4.78, 5) is 0. The number of hydrogen-bond acceptors (Lipinski definition) is 3. The SMILES string of the molecule is CCCSCCC(C#N)NC(C)C. The second-order valence-electron chi connectivity index (χ2n) is 3.40. The van der Waals surface area contributed by atoms with Crippen LogP contribution in [0.5, 0.6) is 0 Å². The van der Waals surface area contributed by atoms with Gasteiger partial charge in [0, 0.05) is 6.04 Å². The van der Waals surface area contributed by atoms with Crippen LogP contribution in [0.4, 0.5) is 0 Å². The molecule has 0 aromatic carbocycles. The van der Waals surface area contributed by atoms with E-state index in [0.717, 1.165) is 12.2 Å². The van der Waals surface area contributed by atoms with Crippen LogP contribution in [-0.4, -0.2) is 23.6 Å². The molecule has 1 atom stereocenters. The highest BCUT2D eigenvalue weighted by Crippen LogP contribution is 2.06. The van der Waals surface area contributed by atoms with Crippen molar-refractivity contribution in [2.75, 3.05) is 11.5 Å². The van der Waals surface area contributed by atoms with Crippen LogP contribution in [0.15, 0.2) is 0 Å². The highest BCUT2D eigenvalue weighted by Gasteiger charge is 2.07. The third-order valence-electron chi connectivity index (χ3n) is 1.59. The summed E-state index contributed by atoms with van der Waals surface area (Å²) in [7, 11) is 0. The van der Waals surface area contributed by atoms with E-state index in [1.807, 2.05) is 11.8 Å². The van der Waals surface area contributed by atoms with Crippen molar-refractivity contribution < 1.29 is 0 Å². The van der Waals surface area contributed by atoms with Gasteiger partial charge in [-0.2, -0.15) is 17.0 Å². The molecule has 1 unspecified atom stereocenters. The lowest BCUT2D eigenvalue weighted by molar-refractivity contribution is 0.522. The average molecular weight is 200 g/mol. The highest BCUT2D eigenvalue weighted by atomic mass is 32.2. The van der Waals surface area contributed by atoms with Gasteiger partial charge in [0.1, 0.15) is 0 Å². The fourth-order valence-electron chi connectivity index (χ4n) is 1.04. The van der Waals surface area contributed by atoms with Gasteiger partial charge in [-0.1, -0.05) is 6.92 Å². The van der Waals surface area contributed by atoms with Crippen molar-refractivity contribution in [3.63, 3.8) is 0 Å². The van der Waals surface area contributed by atoms with Crippen molar-refractivity contribution in [2.45, 2.75) is 45.7 Å². The summed E-state index contributed by atoms with van der Waals surface area (Å²) >= 11 is 1.93. The molecule has 13 heavy (non-hydrogen) atoms. The molecule has 0 rings (SSSR count). The van der Waals surface area contributed by atoms with E-state index in [1.54, 1.807) is 0 Å². The maximum Gasteiger partial charge on any atom is 0.0962 e. The number of nitrogens with one attached hydrogen (secondary N) is 1. The van der Waals surface area contributed by atoms with Crippen LogP contribution in [0.1, 0.15) is 33.6 Å². The molecule has 0 bridgehead atoms. The van der Waals surface area contributed by atoms with Gasteiger partial charge in [-0.25, -0.2) is 0 Å². The molecule has 0 aliphatic heterocycles. The van der Waals surface area contributed by atoms with Crippen LogP contribution < -0.4 is 5.32 Å². The largest absolute Gasteiger partial charge is 0.300 e. The smallest absolute Gasteiger partial charge is 0.0962 e. The van der Waals surface area contributed by atoms with E-state index in [9.17, 15) is 0 Å². The second kappa shape index (κ2) is 8.40. The maximum absolute atomic E-state index is 8.81. The summed E-state index contributed by atoms with van der Waals surface area (Å²) in [5.41, 5.74) is 0. The Kier molecular flexibility index (Phi) is 8.27. The van der Waals surface area contributed by atoms with E-state index in [0.29, 0.717) is 6.04 Å². The Hall–Kier alpha value is -0.200. The summed E-state index contributed by atoms with van der Waals surface area (Å²) < 4.78 is 0. The first-order valence-corrected chi connectivity index (χ1v) is 6.09. The second-order valence-corrected chi connectivity index (χ2v) is 4.63. The molecule has 0 heterocycles. The van der Waals surface area contributed by atoms with Gasteiger partial charge in [-0.05, 0) is 38.2 Å². The van der Waals surface area contributed by atoms with Gasteiger partial charge in [0.15, 0.2) is 0 Å². The topological polar surface area (TPSA) is 35.8 Å². The van der Waals surface area contributed by atoms with Crippen molar-refractivity contribution in [3.8, 4) is 6.07 Å². The number of hydrogen-bond donors (Lipinski definition) is 1. The van der Waals surface area contributed by atoms with Gasteiger partial charge in [-0.3, -0.25) is 5.32 Å².